The van der Waals surface area contributed by atoms with Gasteiger partial charge in [0.15, 0.2) is 11.7 Å². The van der Waals surface area contributed by atoms with Crippen molar-refractivity contribution in [3.8, 4) is 22.8 Å². The summed E-state index contributed by atoms with van der Waals surface area (Å²) in [4.78, 5) is 17.3. The lowest BCUT2D eigenvalue weighted by molar-refractivity contribution is -0.118. The number of nitrogens with one attached hydrogen (secondary N) is 2. The molecule has 1 saturated heterocycles. The van der Waals surface area contributed by atoms with Crippen LogP contribution in [0.15, 0.2) is 52.7 Å². The highest BCUT2D eigenvalue weighted by atomic mass is 32.2. The molecule has 1 aliphatic rings. The van der Waals surface area contributed by atoms with Gasteiger partial charge in [-0.1, -0.05) is 6.92 Å². The minimum absolute atomic E-state index is 0.221. The molecule has 1 aromatic heterocycles. The van der Waals surface area contributed by atoms with Crippen molar-refractivity contribution in [1.82, 2.24) is 9.29 Å². The smallest absolute Gasteiger partial charge is 0.262 e. The lowest BCUT2D eigenvalue weighted by Gasteiger charge is -2.29. The minimum Gasteiger partial charge on any atom is -0.495 e. The first kappa shape index (κ1) is 25.9. The Morgan fingerprint density at radius 3 is 2.53 bits per heavy atom. The van der Waals surface area contributed by atoms with E-state index in [9.17, 15) is 13.2 Å². The number of carbonyl (C=O) groups is 1. The van der Waals surface area contributed by atoms with Gasteiger partial charge in [-0.3, -0.25) is 4.79 Å². The van der Waals surface area contributed by atoms with E-state index in [4.69, 9.17) is 9.47 Å². The molecule has 3 aromatic rings. The Hall–Kier alpha value is -3.15. The predicted molar refractivity (Wildman–Crippen MR) is 141 cm³/mol. The van der Waals surface area contributed by atoms with Crippen molar-refractivity contribution in [2.75, 3.05) is 44.5 Å². The molecule has 4 rings (SSSR count). The molecule has 0 spiro atoms. The molecule has 1 amide bonds. The van der Waals surface area contributed by atoms with Crippen molar-refractivity contribution in [2.24, 2.45) is 5.92 Å². The number of methoxy groups -OCH3 is 1. The zero-order valence-electron chi connectivity index (χ0n) is 20.5. The van der Waals surface area contributed by atoms with Crippen LogP contribution < -0.4 is 20.1 Å². The van der Waals surface area contributed by atoms with E-state index in [1.54, 1.807) is 24.3 Å². The Bertz CT molecular complexity index is 1300. The Kier molecular flexibility index (Phi) is 8.12. The Balaban J connectivity index is 1.38. The van der Waals surface area contributed by atoms with Crippen LogP contribution in [0.25, 0.3) is 11.3 Å². The van der Waals surface area contributed by atoms with E-state index in [2.05, 4.69) is 22.5 Å². The van der Waals surface area contributed by atoms with Crippen molar-refractivity contribution in [3.05, 3.63) is 47.8 Å². The largest absolute Gasteiger partial charge is 0.495 e. The number of thiazole rings is 1. The highest BCUT2D eigenvalue weighted by Crippen LogP contribution is 2.32. The van der Waals surface area contributed by atoms with E-state index < -0.39 is 10.0 Å². The Morgan fingerprint density at radius 2 is 1.89 bits per heavy atom. The molecule has 11 heteroatoms. The molecular weight excluding hydrogens is 500 g/mol. The van der Waals surface area contributed by atoms with E-state index in [0.29, 0.717) is 36.2 Å². The van der Waals surface area contributed by atoms with Gasteiger partial charge in [0.1, 0.15) is 11.5 Å². The molecule has 1 aliphatic heterocycles. The van der Waals surface area contributed by atoms with Crippen molar-refractivity contribution < 1.29 is 22.7 Å². The van der Waals surface area contributed by atoms with Crippen LogP contribution in [0.5, 0.6) is 11.5 Å². The fourth-order valence-electron chi connectivity index (χ4n) is 3.90. The zero-order valence-corrected chi connectivity index (χ0v) is 22.1. The number of benzene rings is 2. The number of hydrogen-bond acceptors (Lipinski definition) is 8. The van der Waals surface area contributed by atoms with E-state index in [-0.39, 0.29) is 17.4 Å². The highest BCUT2D eigenvalue weighted by molar-refractivity contribution is 7.89. The molecule has 0 atom stereocenters. The normalized spacial score (nSPS) is 14.9. The van der Waals surface area contributed by atoms with Gasteiger partial charge >= 0.3 is 0 Å². The molecule has 2 aromatic carbocycles. The number of carbonyl (C=O) groups excluding carboxylic acids is 1. The first-order chi connectivity index (χ1) is 17.3. The van der Waals surface area contributed by atoms with Crippen LogP contribution in [0.2, 0.25) is 0 Å². The van der Waals surface area contributed by atoms with Gasteiger partial charge in [-0.05, 0) is 61.2 Å². The summed E-state index contributed by atoms with van der Waals surface area (Å²) in [7, 11) is -0.193. The van der Waals surface area contributed by atoms with Crippen LogP contribution in [0, 0.1) is 5.92 Å². The van der Waals surface area contributed by atoms with Gasteiger partial charge in [-0.15, -0.1) is 11.3 Å². The third-order valence-electron chi connectivity index (χ3n) is 6.06. The number of anilines is 2. The Morgan fingerprint density at radius 1 is 1.17 bits per heavy atom. The molecule has 0 bridgehead atoms. The molecule has 1 fully saturated rings. The van der Waals surface area contributed by atoms with Crippen molar-refractivity contribution in [3.63, 3.8) is 0 Å². The van der Waals surface area contributed by atoms with Gasteiger partial charge in [0.2, 0.25) is 10.0 Å². The number of aromatic nitrogens is 1. The topological polar surface area (TPSA) is 110 Å². The second kappa shape index (κ2) is 11.3. The quantitative estimate of drug-likeness (QED) is 0.424. The SMILES string of the molecule is CNc1nc(-c2ccc(OC)c(NC(=O)COc3ccc(S(=O)(=O)N4CCC(C)CC4)cc3)c2)cs1. The van der Waals surface area contributed by atoms with Gasteiger partial charge in [0.05, 0.1) is 23.4 Å². The van der Waals surface area contributed by atoms with Crippen LogP contribution >= 0.6 is 11.3 Å². The average Bonchev–Trinajstić information content (AvgIpc) is 3.37. The molecule has 0 unspecified atom stereocenters. The van der Waals surface area contributed by atoms with Gasteiger partial charge < -0.3 is 20.1 Å². The summed E-state index contributed by atoms with van der Waals surface area (Å²) < 4.78 is 38.3. The Labute approximate surface area is 215 Å². The first-order valence-corrected chi connectivity index (χ1v) is 14.0. The fraction of sp³-hybridized carbons (Fsp3) is 0.360. The maximum absolute atomic E-state index is 12.9. The zero-order chi connectivity index (χ0) is 25.7. The number of nitrogens with zero attached hydrogens (tertiary/aromatic N) is 2. The van der Waals surface area contributed by atoms with Crippen LogP contribution in [0.3, 0.4) is 0 Å². The highest BCUT2D eigenvalue weighted by Gasteiger charge is 2.28. The number of ether oxygens (including phenoxy) is 2. The molecule has 36 heavy (non-hydrogen) atoms. The predicted octanol–water partition coefficient (Wildman–Crippen LogP) is 4.30. The van der Waals surface area contributed by atoms with Gasteiger partial charge in [-0.25, -0.2) is 13.4 Å². The second-order valence-corrected chi connectivity index (χ2v) is 11.4. The minimum atomic E-state index is -3.53. The molecule has 2 N–H and O–H groups in total. The number of sulfonamides is 1. The lowest BCUT2D eigenvalue weighted by atomic mass is 10.0. The first-order valence-electron chi connectivity index (χ1n) is 11.6. The molecular formula is C25H30N4O5S2. The fourth-order valence-corrected chi connectivity index (χ4v) is 6.05. The van der Waals surface area contributed by atoms with Crippen LogP contribution in [-0.4, -0.2) is 57.5 Å². The molecule has 0 radical (unpaired) electrons. The monoisotopic (exact) mass is 530 g/mol. The number of amides is 1. The van der Waals surface area contributed by atoms with Crippen molar-refractivity contribution in [2.45, 2.75) is 24.7 Å². The van der Waals surface area contributed by atoms with Crippen molar-refractivity contribution >= 4 is 38.1 Å². The molecule has 9 nitrogen and oxygen atoms in total. The van der Waals surface area contributed by atoms with Gasteiger partial charge in [0.25, 0.3) is 5.91 Å². The van der Waals surface area contributed by atoms with Gasteiger partial charge in [-0.2, -0.15) is 4.31 Å². The summed E-state index contributed by atoms with van der Waals surface area (Å²) in [6, 6.07) is 11.6. The standard InChI is InChI=1S/C25H30N4O5S2/c1-17-10-12-29(13-11-17)36(31,32)20-7-5-19(6-8-20)34-15-24(30)27-21-14-18(4-9-23(21)33-3)22-16-35-25(26-2)28-22/h4-9,14,16-17H,10-13,15H2,1-3H3,(H,26,28)(H,27,30). The molecule has 192 valence electrons. The second-order valence-electron chi connectivity index (χ2n) is 8.60. The van der Waals surface area contributed by atoms with Crippen LogP contribution in [-0.2, 0) is 14.8 Å². The summed E-state index contributed by atoms with van der Waals surface area (Å²) in [5.74, 6) is 1.08. The van der Waals surface area contributed by atoms with E-state index in [1.807, 2.05) is 18.5 Å². The molecule has 0 aliphatic carbocycles. The molecule has 0 saturated carbocycles. The third-order valence-corrected chi connectivity index (χ3v) is 8.83. The maximum Gasteiger partial charge on any atom is 0.262 e. The van der Waals surface area contributed by atoms with E-state index in [1.165, 1.54) is 34.9 Å². The number of hydrogen-bond donors (Lipinski definition) is 2. The van der Waals surface area contributed by atoms with Crippen LogP contribution in [0.4, 0.5) is 10.8 Å². The summed E-state index contributed by atoms with van der Waals surface area (Å²) in [6.07, 6.45) is 1.73. The summed E-state index contributed by atoms with van der Waals surface area (Å²) >= 11 is 1.49. The number of piperidine rings is 1. The van der Waals surface area contributed by atoms with Crippen LogP contribution in [0.1, 0.15) is 19.8 Å². The van der Waals surface area contributed by atoms with Crippen molar-refractivity contribution in [1.29, 1.82) is 0 Å². The number of rotatable bonds is 9. The van der Waals surface area contributed by atoms with Gasteiger partial charge in [0, 0.05) is 31.1 Å². The lowest BCUT2D eigenvalue weighted by Crippen LogP contribution is -2.37. The summed E-state index contributed by atoms with van der Waals surface area (Å²) in [6.45, 7) is 2.96. The molecule has 2 heterocycles. The van der Waals surface area contributed by atoms with E-state index >= 15 is 0 Å². The summed E-state index contributed by atoms with van der Waals surface area (Å²) in [5, 5.41) is 8.55. The summed E-state index contributed by atoms with van der Waals surface area (Å²) in [5.41, 5.74) is 2.12. The maximum atomic E-state index is 12.9. The van der Waals surface area contributed by atoms with E-state index in [0.717, 1.165) is 29.2 Å². The third kappa shape index (κ3) is 5.97. The average molecular weight is 531 g/mol.